The Morgan fingerprint density at radius 3 is 2.47 bits per heavy atom. The van der Waals surface area contributed by atoms with Gasteiger partial charge in [0.25, 0.3) is 0 Å². The van der Waals surface area contributed by atoms with Crippen LogP contribution in [0.1, 0.15) is 37.0 Å². The molecule has 4 aliphatic carbocycles. The fraction of sp³-hybridized carbons (Fsp3) is 0.500. The number of rotatable bonds is 4. The molecule has 3 aromatic rings. The molecule has 3 aromatic heterocycles. The Morgan fingerprint density at radius 1 is 1.19 bits per heavy atom. The number of halogens is 3. The molecule has 0 saturated heterocycles. The highest BCUT2D eigenvalue weighted by Gasteiger charge is 2.54. The van der Waals surface area contributed by atoms with Gasteiger partial charge in [-0.2, -0.15) is 13.2 Å². The van der Waals surface area contributed by atoms with Crippen molar-refractivity contribution in [1.29, 1.82) is 0 Å². The number of anilines is 3. The van der Waals surface area contributed by atoms with E-state index in [1.54, 1.807) is 11.3 Å². The van der Waals surface area contributed by atoms with E-state index in [1.807, 2.05) is 31.5 Å². The fourth-order valence-corrected chi connectivity index (χ4v) is 6.82. The van der Waals surface area contributed by atoms with Crippen molar-refractivity contribution in [3.63, 3.8) is 0 Å². The molecule has 8 nitrogen and oxygen atoms in total. The smallest absolute Gasteiger partial charge is 0.475 e. The van der Waals surface area contributed by atoms with Crippen LogP contribution in [-0.4, -0.2) is 49.0 Å². The SMILES string of the molecule is Cc1cnc(Nc2cc3ncccc3c(NC3C4CC5CC3CC(O)(C5)C4)n2)s1.O=C(O)C(F)(F)F. The molecule has 0 radical (unpaired) electrons. The van der Waals surface area contributed by atoms with Gasteiger partial charge in [-0.1, -0.05) is 0 Å². The Bertz CT molecular complexity index is 1270. The molecule has 36 heavy (non-hydrogen) atoms. The molecule has 2 atom stereocenters. The molecule has 0 aliphatic heterocycles. The van der Waals surface area contributed by atoms with E-state index in [0.717, 1.165) is 51.8 Å². The van der Waals surface area contributed by atoms with E-state index in [0.29, 0.717) is 23.8 Å². The summed E-state index contributed by atoms with van der Waals surface area (Å²) >= 11 is 1.62. The molecule has 4 fully saturated rings. The molecule has 4 aliphatic rings. The van der Waals surface area contributed by atoms with Gasteiger partial charge in [-0.15, -0.1) is 11.3 Å². The molecular formula is C24H26F3N5O3S. The van der Waals surface area contributed by atoms with Gasteiger partial charge in [-0.05, 0) is 68.9 Å². The number of hydrogen-bond donors (Lipinski definition) is 4. The molecule has 4 bridgehead atoms. The molecule has 12 heteroatoms. The van der Waals surface area contributed by atoms with Gasteiger partial charge in [-0.3, -0.25) is 4.98 Å². The van der Waals surface area contributed by atoms with E-state index in [9.17, 15) is 18.3 Å². The third kappa shape index (κ3) is 5.10. The third-order valence-electron chi connectivity index (χ3n) is 7.24. The molecule has 2 unspecified atom stereocenters. The number of aromatic nitrogens is 3. The van der Waals surface area contributed by atoms with Gasteiger partial charge < -0.3 is 20.8 Å². The van der Waals surface area contributed by atoms with Crippen molar-refractivity contribution in [1.82, 2.24) is 15.0 Å². The molecule has 0 aromatic carbocycles. The molecule has 7 rings (SSSR count). The quantitative estimate of drug-likeness (QED) is 0.373. The van der Waals surface area contributed by atoms with Crippen molar-refractivity contribution >= 4 is 45.0 Å². The van der Waals surface area contributed by atoms with Crippen molar-refractivity contribution in [3.8, 4) is 0 Å². The number of carboxylic acids is 1. The van der Waals surface area contributed by atoms with E-state index >= 15 is 0 Å². The number of thiazole rings is 1. The molecule has 0 spiro atoms. The fourth-order valence-electron chi connectivity index (χ4n) is 6.15. The zero-order valence-corrected chi connectivity index (χ0v) is 20.2. The highest BCUT2D eigenvalue weighted by atomic mass is 32.1. The average molecular weight is 522 g/mol. The number of aryl methyl sites for hydroxylation is 1. The van der Waals surface area contributed by atoms with E-state index in [2.05, 4.69) is 26.7 Å². The van der Waals surface area contributed by atoms with Crippen LogP contribution in [0.3, 0.4) is 0 Å². The maximum atomic E-state index is 10.9. The van der Waals surface area contributed by atoms with E-state index < -0.39 is 17.7 Å². The average Bonchev–Trinajstić information content (AvgIpc) is 3.19. The Labute approximate surface area is 209 Å². The molecule has 4 saturated carbocycles. The second kappa shape index (κ2) is 9.15. The summed E-state index contributed by atoms with van der Waals surface area (Å²) < 4.78 is 31.7. The van der Waals surface area contributed by atoms with Gasteiger partial charge in [0.1, 0.15) is 11.6 Å². The van der Waals surface area contributed by atoms with E-state index in [-0.39, 0.29) is 0 Å². The van der Waals surface area contributed by atoms with Gasteiger partial charge in [0.15, 0.2) is 5.13 Å². The first-order valence-corrected chi connectivity index (χ1v) is 12.5. The molecule has 192 valence electrons. The number of fused-ring (bicyclic) bond motifs is 1. The summed E-state index contributed by atoms with van der Waals surface area (Å²) in [6.45, 7) is 2.05. The van der Waals surface area contributed by atoms with E-state index in [4.69, 9.17) is 14.9 Å². The van der Waals surface area contributed by atoms with Crippen LogP contribution in [0.5, 0.6) is 0 Å². The summed E-state index contributed by atoms with van der Waals surface area (Å²) in [7, 11) is 0. The second-order valence-corrected chi connectivity index (χ2v) is 11.2. The summed E-state index contributed by atoms with van der Waals surface area (Å²) in [5.74, 6) is 0.637. The lowest BCUT2D eigenvalue weighted by atomic mass is 9.52. The lowest BCUT2D eigenvalue weighted by Crippen LogP contribution is -2.59. The maximum Gasteiger partial charge on any atom is 0.490 e. The summed E-state index contributed by atoms with van der Waals surface area (Å²) in [5, 5.41) is 27.0. The summed E-state index contributed by atoms with van der Waals surface area (Å²) in [4.78, 5) is 23.9. The summed E-state index contributed by atoms with van der Waals surface area (Å²) in [6, 6.07) is 6.40. The first kappa shape index (κ1) is 24.7. The highest BCUT2D eigenvalue weighted by Crippen LogP contribution is 2.56. The number of carbonyl (C=O) groups is 1. The molecule has 0 amide bonds. The van der Waals surface area contributed by atoms with Crippen molar-refractivity contribution < 1.29 is 28.2 Å². The van der Waals surface area contributed by atoms with Crippen molar-refractivity contribution in [2.75, 3.05) is 10.6 Å². The van der Waals surface area contributed by atoms with Crippen LogP contribution in [0.2, 0.25) is 0 Å². The Morgan fingerprint density at radius 2 is 1.89 bits per heavy atom. The zero-order valence-electron chi connectivity index (χ0n) is 19.4. The van der Waals surface area contributed by atoms with Gasteiger partial charge in [0, 0.05) is 34.8 Å². The molecule has 4 N–H and O–H groups in total. The summed E-state index contributed by atoms with van der Waals surface area (Å²) in [6.07, 6.45) is 3.90. The van der Waals surface area contributed by atoms with Crippen LogP contribution in [0.25, 0.3) is 10.9 Å². The number of alkyl halides is 3. The van der Waals surface area contributed by atoms with Gasteiger partial charge in [-0.25, -0.2) is 14.8 Å². The number of aliphatic hydroxyl groups is 1. The normalized spacial score (nSPS) is 28.5. The number of hydrogen-bond acceptors (Lipinski definition) is 8. The van der Waals surface area contributed by atoms with Crippen molar-refractivity contribution in [2.45, 2.75) is 56.8 Å². The maximum absolute atomic E-state index is 10.9. The number of pyridine rings is 2. The van der Waals surface area contributed by atoms with Crippen molar-refractivity contribution in [3.05, 3.63) is 35.5 Å². The minimum atomic E-state index is -5.08. The largest absolute Gasteiger partial charge is 0.490 e. The molecule has 3 heterocycles. The number of aliphatic carboxylic acids is 1. The minimum Gasteiger partial charge on any atom is -0.475 e. The molecular weight excluding hydrogens is 495 g/mol. The van der Waals surface area contributed by atoms with Gasteiger partial charge in [0.2, 0.25) is 0 Å². The van der Waals surface area contributed by atoms with Crippen LogP contribution in [-0.2, 0) is 4.79 Å². The van der Waals surface area contributed by atoms with Crippen LogP contribution in [0.15, 0.2) is 30.6 Å². The number of nitrogens with one attached hydrogen (secondary N) is 2. The van der Waals surface area contributed by atoms with Gasteiger partial charge >= 0.3 is 12.1 Å². The minimum absolute atomic E-state index is 0.375. The van der Waals surface area contributed by atoms with Crippen LogP contribution >= 0.6 is 11.3 Å². The highest BCUT2D eigenvalue weighted by molar-refractivity contribution is 7.15. The Hall–Kier alpha value is -2.99. The van der Waals surface area contributed by atoms with Crippen LogP contribution < -0.4 is 10.6 Å². The first-order valence-electron chi connectivity index (χ1n) is 11.7. The van der Waals surface area contributed by atoms with Gasteiger partial charge in [0.05, 0.1) is 11.1 Å². The van der Waals surface area contributed by atoms with E-state index in [1.165, 1.54) is 12.8 Å². The van der Waals surface area contributed by atoms with Crippen LogP contribution in [0, 0.1) is 24.7 Å². The first-order chi connectivity index (χ1) is 17.0. The Kier molecular flexibility index (Phi) is 6.27. The standard InChI is InChI=1S/C22H25N5OS.C2HF3O2/c1-12-11-24-21(29-12)26-18-7-17-16(3-2-4-23-17)20(25-18)27-19-14-5-13-6-15(19)10-22(28,8-13)9-14;3-2(4,5)1(6)7/h2-4,7,11,13-15,19,28H,5-6,8-10H2,1H3,(H2,24,25,26,27);(H,6,7). The predicted molar refractivity (Wildman–Crippen MR) is 129 cm³/mol. The van der Waals surface area contributed by atoms with Crippen molar-refractivity contribution in [2.24, 2.45) is 17.8 Å². The third-order valence-corrected chi connectivity index (χ3v) is 8.07. The predicted octanol–water partition coefficient (Wildman–Crippen LogP) is 5.12. The lowest BCUT2D eigenvalue weighted by Gasteiger charge is -2.58. The zero-order chi connectivity index (χ0) is 25.7. The monoisotopic (exact) mass is 521 g/mol. The summed E-state index contributed by atoms with van der Waals surface area (Å²) in [5.41, 5.74) is 0.501. The Balaban J connectivity index is 0.000000338. The second-order valence-electron chi connectivity index (χ2n) is 9.99. The number of carboxylic acid groups (broad SMARTS) is 1. The van der Waals surface area contributed by atoms with Crippen LogP contribution in [0.4, 0.5) is 29.9 Å². The topological polar surface area (TPSA) is 120 Å². The number of nitrogens with zero attached hydrogens (tertiary/aromatic N) is 3. The lowest BCUT2D eigenvalue weighted by molar-refractivity contribution is -0.192.